The van der Waals surface area contributed by atoms with Crippen molar-refractivity contribution >= 4 is 23.1 Å². The van der Waals surface area contributed by atoms with E-state index in [-0.39, 0.29) is 0 Å². The Kier molecular flexibility index (Phi) is 5.01. The smallest absolute Gasteiger partial charge is 0.127 e. The van der Waals surface area contributed by atoms with Gasteiger partial charge in [0.2, 0.25) is 0 Å². The Bertz CT molecular complexity index is 990. The quantitative estimate of drug-likeness (QED) is 0.624. The fourth-order valence-corrected chi connectivity index (χ4v) is 4.59. The van der Waals surface area contributed by atoms with Crippen LogP contribution in [0.2, 0.25) is 0 Å². The van der Waals surface area contributed by atoms with Gasteiger partial charge in [0.1, 0.15) is 5.75 Å². The Hall–Kier alpha value is -2.56. The zero-order valence-corrected chi connectivity index (χ0v) is 16.6. The maximum Gasteiger partial charge on any atom is 0.127 e. The van der Waals surface area contributed by atoms with E-state index in [0.29, 0.717) is 0 Å². The van der Waals surface area contributed by atoms with Gasteiger partial charge in [-0.15, -0.1) is 11.3 Å². The standard InChI is InChI=1S/C23H24N2OS/c1-4-21-18(10-12-27-21)23-19(24-2)7-8-20(26-3)22(23)16-6-5-15-9-11-25-14-17(15)13-16/h4-8,10,12-13,24-25H,1,9,11,14H2,2-3H3. The summed E-state index contributed by atoms with van der Waals surface area (Å²) in [5.41, 5.74) is 8.55. The summed E-state index contributed by atoms with van der Waals surface area (Å²) in [7, 11) is 3.70. The lowest BCUT2D eigenvalue weighted by Crippen LogP contribution is -2.23. The Morgan fingerprint density at radius 2 is 2.04 bits per heavy atom. The van der Waals surface area contributed by atoms with Crippen molar-refractivity contribution in [1.82, 2.24) is 5.32 Å². The molecule has 0 saturated carbocycles. The first-order valence-electron chi connectivity index (χ1n) is 9.18. The van der Waals surface area contributed by atoms with Gasteiger partial charge in [-0.25, -0.2) is 0 Å². The molecule has 4 heteroatoms. The molecule has 138 valence electrons. The van der Waals surface area contributed by atoms with Gasteiger partial charge in [0.05, 0.1) is 7.11 Å². The van der Waals surface area contributed by atoms with E-state index in [1.54, 1.807) is 18.4 Å². The van der Waals surface area contributed by atoms with Crippen molar-refractivity contribution in [3.05, 3.63) is 64.4 Å². The van der Waals surface area contributed by atoms with E-state index in [2.05, 4.69) is 52.9 Å². The highest BCUT2D eigenvalue weighted by Crippen LogP contribution is 2.46. The van der Waals surface area contributed by atoms with E-state index >= 15 is 0 Å². The molecule has 0 bridgehead atoms. The lowest BCUT2D eigenvalue weighted by Gasteiger charge is -2.21. The first kappa shape index (κ1) is 17.8. The van der Waals surface area contributed by atoms with Gasteiger partial charge in [-0.2, -0.15) is 0 Å². The van der Waals surface area contributed by atoms with Crippen molar-refractivity contribution in [1.29, 1.82) is 0 Å². The highest BCUT2D eigenvalue weighted by atomic mass is 32.1. The van der Waals surface area contributed by atoms with Crippen LogP contribution in [-0.4, -0.2) is 20.7 Å². The molecule has 2 heterocycles. The average Bonchev–Trinajstić information content (AvgIpc) is 3.20. The summed E-state index contributed by atoms with van der Waals surface area (Å²) in [5, 5.41) is 8.95. The van der Waals surface area contributed by atoms with Crippen molar-refractivity contribution in [2.75, 3.05) is 26.0 Å². The molecule has 1 aliphatic rings. The molecule has 0 saturated heterocycles. The molecule has 0 radical (unpaired) electrons. The molecule has 0 amide bonds. The molecular weight excluding hydrogens is 352 g/mol. The fourth-order valence-electron chi connectivity index (χ4n) is 3.85. The number of hydrogen-bond donors (Lipinski definition) is 2. The number of fused-ring (bicyclic) bond motifs is 1. The van der Waals surface area contributed by atoms with Crippen molar-refractivity contribution < 1.29 is 4.74 Å². The maximum atomic E-state index is 5.79. The number of nitrogens with one attached hydrogen (secondary N) is 2. The van der Waals surface area contributed by atoms with E-state index in [0.717, 1.165) is 42.1 Å². The molecule has 27 heavy (non-hydrogen) atoms. The van der Waals surface area contributed by atoms with Crippen LogP contribution in [0.25, 0.3) is 28.3 Å². The minimum Gasteiger partial charge on any atom is -0.496 e. The van der Waals surface area contributed by atoms with Crippen LogP contribution in [0.3, 0.4) is 0 Å². The lowest BCUT2D eigenvalue weighted by molar-refractivity contribution is 0.416. The largest absolute Gasteiger partial charge is 0.496 e. The normalized spacial score (nSPS) is 13.1. The number of thiophene rings is 1. The van der Waals surface area contributed by atoms with Crippen molar-refractivity contribution in [2.45, 2.75) is 13.0 Å². The van der Waals surface area contributed by atoms with E-state index in [4.69, 9.17) is 4.74 Å². The summed E-state index contributed by atoms with van der Waals surface area (Å²) in [6.45, 7) is 5.97. The molecule has 0 spiro atoms. The zero-order chi connectivity index (χ0) is 18.8. The molecule has 0 unspecified atom stereocenters. The minimum atomic E-state index is 0.883. The van der Waals surface area contributed by atoms with Gasteiger partial charge in [-0.05, 0) is 59.3 Å². The predicted molar refractivity (Wildman–Crippen MR) is 117 cm³/mol. The van der Waals surface area contributed by atoms with Crippen molar-refractivity contribution in [2.24, 2.45) is 0 Å². The summed E-state index contributed by atoms with van der Waals surface area (Å²) in [6, 6.07) is 13.1. The monoisotopic (exact) mass is 376 g/mol. The first-order valence-corrected chi connectivity index (χ1v) is 10.1. The third-order valence-electron chi connectivity index (χ3n) is 5.19. The SMILES string of the molecule is C=Cc1sccc1-c1c(NC)ccc(OC)c1-c1ccc2c(c1)CNCC2. The van der Waals surface area contributed by atoms with Crippen molar-refractivity contribution in [3.63, 3.8) is 0 Å². The second-order valence-corrected chi connectivity index (χ2v) is 7.58. The highest BCUT2D eigenvalue weighted by molar-refractivity contribution is 7.11. The summed E-state index contributed by atoms with van der Waals surface area (Å²) < 4.78 is 5.79. The molecular formula is C23H24N2OS. The number of hydrogen-bond acceptors (Lipinski definition) is 4. The Morgan fingerprint density at radius 1 is 1.15 bits per heavy atom. The number of ether oxygens (including phenoxy) is 1. The summed E-state index contributed by atoms with van der Waals surface area (Å²) in [6.07, 6.45) is 3.01. The Morgan fingerprint density at radius 3 is 2.81 bits per heavy atom. The van der Waals surface area contributed by atoms with Gasteiger partial charge >= 0.3 is 0 Å². The zero-order valence-electron chi connectivity index (χ0n) is 15.8. The van der Waals surface area contributed by atoms with E-state index in [1.165, 1.54) is 27.1 Å². The van der Waals surface area contributed by atoms with Crippen LogP contribution in [0.15, 0.2) is 48.4 Å². The van der Waals surface area contributed by atoms with Gasteiger partial charge in [-0.3, -0.25) is 0 Å². The summed E-state index contributed by atoms with van der Waals surface area (Å²) in [5.74, 6) is 0.883. The molecule has 0 atom stereocenters. The molecule has 2 aromatic carbocycles. The van der Waals surface area contributed by atoms with Crippen LogP contribution in [0.5, 0.6) is 5.75 Å². The van der Waals surface area contributed by atoms with Crippen LogP contribution in [0.1, 0.15) is 16.0 Å². The van der Waals surface area contributed by atoms with Gasteiger partial charge in [0.15, 0.2) is 0 Å². The Balaban J connectivity index is 2.00. The second-order valence-electron chi connectivity index (χ2n) is 6.63. The lowest BCUT2D eigenvalue weighted by atomic mass is 9.89. The highest BCUT2D eigenvalue weighted by Gasteiger charge is 2.21. The van der Waals surface area contributed by atoms with Crippen LogP contribution in [0.4, 0.5) is 5.69 Å². The van der Waals surface area contributed by atoms with Crippen LogP contribution >= 0.6 is 11.3 Å². The molecule has 3 nitrogen and oxygen atoms in total. The second kappa shape index (κ2) is 7.59. The van der Waals surface area contributed by atoms with E-state index in [1.807, 2.05) is 19.2 Å². The topological polar surface area (TPSA) is 33.3 Å². The molecule has 4 rings (SSSR count). The summed E-state index contributed by atoms with van der Waals surface area (Å²) >= 11 is 1.71. The average molecular weight is 377 g/mol. The number of rotatable bonds is 5. The van der Waals surface area contributed by atoms with Crippen LogP contribution < -0.4 is 15.4 Å². The molecule has 1 aliphatic heterocycles. The molecule has 0 aliphatic carbocycles. The number of anilines is 1. The maximum absolute atomic E-state index is 5.79. The minimum absolute atomic E-state index is 0.883. The predicted octanol–water partition coefficient (Wildman–Crippen LogP) is 5.42. The molecule has 0 fully saturated rings. The third-order valence-corrected chi connectivity index (χ3v) is 6.10. The number of benzene rings is 2. The number of methoxy groups -OCH3 is 1. The van der Waals surface area contributed by atoms with Gasteiger partial charge in [0, 0.05) is 40.8 Å². The fraction of sp³-hybridized carbons (Fsp3) is 0.217. The Labute approximate surface area is 164 Å². The van der Waals surface area contributed by atoms with Gasteiger partial charge < -0.3 is 15.4 Å². The van der Waals surface area contributed by atoms with Gasteiger partial charge in [0.25, 0.3) is 0 Å². The van der Waals surface area contributed by atoms with Gasteiger partial charge in [-0.1, -0.05) is 24.8 Å². The third kappa shape index (κ3) is 3.15. The van der Waals surface area contributed by atoms with Crippen molar-refractivity contribution in [3.8, 4) is 28.0 Å². The van der Waals surface area contributed by atoms with Crippen LogP contribution in [0, 0.1) is 0 Å². The molecule has 3 aromatic rings. The van der Waals surface area contributed by atoms with Crippen LogP contribution in [-0.2, 0) is 13.0 Å². The van der Waals surface area contributed by atoms with E-state index < -0.39 is 0 Å². The molecule has 1 aromatic heterocycles. The molecule has 2 N–H and O–H groups in total. The summed E-state index contributed by atoms with van der Waals surface area (Å²) in [4.78, 5) is 1.17. The first-order chi connectivity index (χ1) is 13.3. The van der Waals surface area contributed by atoms with E-state index in [9.17, 15) is 0 Å².